The van der Waals surface area contributed by atoms with Crippen molar-refractivity contribution in [2.24, 2.45) is 17.3 Å². The molecule has 5 rings (SSSR count). The van der Waals surface area contributed by atoms with E-state index in [1.54, 1.807) is 7.11 Å². The second kappa shape index (κ2) is 6.73. The Morgan fingerprint density at radius 3 is 2.79 bits per heavy atom. The standard InChI is InChI=1S/C25H31NO3/c1-24-10-8-18-19(7-6-16-13-22(27)23(29-2)14-20(16)18)21(24)9-11-25(24,28)15-17-5-3-4-12-26-17/h3-5,12-14,18-19,21,27-28H,6-11,15H2,1-2H3/t18?,19?,21?,24-,25+/m0/s1. The summed E-state index contributed by atoms with van der Waals surface area (Å²) < 4.78 is 5.40. The van der Waals surface area contributed by atoms with Crippen molar-refractivity contribution in [3.63, 3.8) is 0 Å². The highest BCUT2D eigenvalue weighted by Gasteiger charge is 2.61. The first-order valence-corrected chi connectivity index (χ1v) is 11.0. The number of benzene rings is 1. The van der Waals surface area contributed by atoms with Gasteiger partial charge in [-0.25, -0.2) is 0 Å². The minimum Gasteiger partial charge on any atom is -0.504 e. The maximum Gasteiger partial charge on any atom is 0.160 e. The van der Waals surface area contributed by atoms with Crippen LogP contribution in [0, 0.1) is 17.3 Å². The third-order valence-corrected chi connectivity index (χ3v) is 8.55. The molecule has 0 saturated heterocycles. The van der Waals surface area contributed by atoms with Crippen LogP contribution < -0.4 is 4.74 Å². The Labute approximate surface area is 173 Å². The topological polar surface area (TPSA) is 62.6 Å². The number of pyridine rings is 1. The number of fused-ring (bicyclic) bond motifs is 5. The van der Waals surface area contributed by atoms with E-state index in [2.05, 4.69) is 18.0 Å². The fourth-order valence-electron chi connectivity index (χ4n) is 6.95. The van der Waals surface area contributed by atoms with Gasteiger partial charge in [0.05, 0.1) is 12.7 Å². The first-order valence-electron chi connectivity index (χ1n) is 11.0. The lowest BCUT2D eigenvalue weighted by Gasteiger charge is -2.53. The highest BCUT2D eigenvalue weighted by atomic mass is 16.5. The third-order valence-electron chi connectivity index (χ3n) is 8.55. The van der Waals surface area contributed by atoms with Crippen molar-refractivity contribution in [2.45, 2.75) is 63.4 Å². The van der Waals surface area contributed by atoms with E-state index >= 15 is 0 Å². The van der Waals surface area contributed by atoms with Crippen LogP contribution in [-0.4, -0.2) is 27.9 Å². The molecule has 0 amide bonds. The zero-order valence-corrected chi connectivity index (χ0v) is 17.4. The van der Waals surface area contributed by atoms with E-state index in [9.17, 15) is 10.2 Å². The molecule has 154 valence electrons. The molecule has 29 heavy (non-hydrogen) atoms. The highest BCUT2D eigenvalue weighted by Crippen LogP contribution is 2.65. The molecular formula is C25H31NO3. The Hall–Kier alpha value is -2.07. The van der Waals surface area contributed by atoms with Crippen molar-refractivity contribution in [1.29, 1.82) is 0 Å². The number of aromatic nitrogens is 1. The van der Waals surface area contributed by atoms with Crippen LogP contribution in [0.15, 0.2) is 36.5 Å². The molecule has 1 aromatic heterocycles. The number of hydrogen-bond donors (Lipinski definition) is 2. The van der Waals surface area contributed by atoms with Crippen molar-refractivity contribution < 1.29 is 14.9 Å². The van der Waals surface area contributed by atoms with Gasteiger partial charge in [-0.1, -0.05) is 13.0 Å². The van der Waals surface area contributed by atoms with Crippen molar-refractivity contribution in [2.75, 3.05) is 7.11 Å². The summed E-state index contributed by atoms with van der Waals surface area (Å²) in [5, 5.41) is 22.0. The number of aromatic hydroxyl groups is 1. The number of hydrogen-bond acceptors (Lipinski definition) is 4. The second-order valence-electron chi connectivity index (χ2n) is 9.66. The number of methoxy groups -OCH3 is 1. The molecule has 1 heterocycles. The summed E-state index contributed by atoms with van der Waals surface area (Å²) in [4.78, 5) is 4.50. The van der Waals surface area contributed by atoms with Gasteiger partial charge in [0.2, 0.25) is 0 Å². The average molecular weight is 394 g/mol. The van der Waals surface area contributed by atoms with E-state index < -0.39 is 5.60 Å². The van der Waals surface area contributed by atoms with E-state index in [4.69, 9.17) is 4.74 Å². The molecule has 0 spiro atoms. The Morgan fingerprint density at radius 1 is 1.17 bits per heavy atom. The highest BCUT2D eigenvalue weighted by molar-refractivity contribution is 5.49. The summed E-state index contributed by atoms with van der Waals surface area (Å²) in [6.07, 6.45) is 8.68. The van der Waals surface area contributed by atoms with Crippen molar-refractivity contribution >= 4 is 0 Å². The van der Waals surface area contributed by atoms with Gasteiger partial charge in [-0.15, -0.1) is 0 Å². The normalized spacial score (nSPS) is 35.5. The lowest BCUT2D eigenvalue weighted by Crippen LogP contribution is -2.52. The molecule has 2 aromatic rings. The Bertz CT molecular complexity index is 914. The molecule has 3 aliphatic rings. The summed E-state index contributed by atoms with van der Waals surface area (Å²) in [6, 6.07) is 9.96. The van der Waals surface area contributed by atoms with Gasteiger partial charge in [-0.2, -0.15) is 0 Å². The number of nitrogens with zero attached hydrogens (tertiary/aromatic N) is 1. The van der Waals surface area contributed by atoms with Crippen LogP contribution in [0.3, 0.4) is 0 Å². The molecule has 0 radical (unpaired) electrons. The van der Waals surface area contributed by atoms with Crippen LogP contribution in [0.4, 0.5) is 0 Å². The van der Waals surface area contributed by atoms with Crippen molar-refractivity contribution in [3.8, 4) is 11.5 Å². The molecule has 0 aliphatic heterocycles. The first kappa shape index (κ1) is 18.9. The number of aliphatic hydroxyl groups is 1. The molecule has 3 aliphatic carbocycles. The molecule has 3 unspecified atom stereocenters. The molecule has 2 fully saturated rings. The molecular weight excluding hydrogens is 362 g/mol. The molecule has 0 bridgehead atoms. The molecule has 4 heteroatoms. The molecule has 5 atom stereocenters. The largest absolute Gasteiger partial charge is 0.504 e. The van der Waals surface area contributed by atoms with Gasteiger partial charge in [0, 0.05) is 18.3 Å². The van der Waals surface area contributed by atoms with Gasteiger partial charge < -0.3 is 14.9 Å². The summed E-state index contributed by atoms with van der Waals surface area (Å²) in [7, 11) is 1.62. The number of phenols is 1. The van der Waals surface area contributed by atoms with Gasteiger partial charge in [0.25, 0.3) is 0 Å². The van der Waals surface area contributed by atoms with Crippen LogP contribution >= 0.6 is 0 Å². The maximum absolute atomic E-state index is 11.8. The zero-order valence-electron chi connectivity index (χ0n) is 17.4. The minimum atomic E-state index is -0.677. The Morgan fingerprint density at radius 2 is 2.03 bits per heavy atom. The van der Waals surface area contributed by atoms with Crippen LogP contribution in [0.5, 0.6) is 11.5 Å². The van der Waals surface area contributed by atoms with Gasteiger partial charge in [-0.05, 0) is 97.1 Å². The van der Waals surface area contributed by atoms with Crippen LogP contribution in [-0.2, 0) is 12.8 Å². The molecule has 2 N–H and O–H groups in total. The van der Waals surface area contributed by atoms with E-state index in [1.807, 2.05) is 30.5 Å². The number of rotatable bonds is 3. The van der Waals surface area contributed by atoms with Crippen LogP contribution in [0.2, 0.25) is 0 Å². The summed E-state index contributed by atoms with van der Waals surface area (Å²) >= 11 is 0. The molecule has 4 nitrogen and oxygen atoms in total. The van der Waals surface area contributed by atoms with E-state index in [0.29, 0.717) is 29.9 Å². The van der Waals surface area contributed by atoms with Gasteiger partial charge in [-0.3, -0.25) is 4.98 Å². The fraction of sp³-hybridized carbons (Fsp3) is 0.560. The third kappa shape index (κ3) is 2.79. The lowest BCUT2D eigenvalue weighted by molar-refractivity contribution is -0.102. The van der Waals surface area contributed by atoms with E-state index in [1.165, 1.54) is 11.1 Å². The van der Waals surface area contributed by atoms with Gasteiger partial charge in [0.1, 0.15) is 0 Å². The smallest absolute Gasteiger partial charge is 0.160 e. The second-order valence-corrected chi connectivity index (χ2v) is 9.66. The van der Waals surface area contributed by atoms with Crippen molar-refractivity contribution in [1.82, 2.24) is 4.98 Å². The summed E-state index contributed by atoms with van der Waals surface area (Å²) in [6.45, 7) is 2.33. The Kier molecular flexibility index (Phi) is 4.39. The van der Waals surface area contributed by atoms with Gasteiger partial charge in [0.15, 0.2) is 11.5 Å². The minimum absolute atomic E-state index is 0.0653. The average Bonchev–Trinajstić information content (AvgIpc) is 2.98. The quantitative estimate of drug-likeness (QED) is 0.798. The Balaban J connectivity index is 1.46. The fourth-order valence-corrected chi connectivity index (χ4v) is 6.95. The van der Waals surface area contributed by atoms with Crippen LogP contribution in [0.1, 0.15) is 61.8 Å². The number of aryl methyl sites for hydroxylation is 1. The van der Waals surface area contributed by atoms with Crippen molar-refractivity contribution in [3.05, 3.63) is 53.3 Å². The first-order chi connectivity index (χ1) is 13.9. The predicted octanol–water partition coefficient (Wildman–Crippen LogP) is 4.63. The van der Waals surface area contributed by atoms with Gasteiger partial charge >= 0.3 is 0 Å². The predicted molar refractivity (Wildman–Crippen MR) is 112 cm³/mol. The lowest BCUT2D eigenvalue weighted by atomic mass is 9.53. The van der Waals surface area contributed by atoms with E-state index in [0.717, 1.165) is 44.2 Å². The summed E-state index contributed by atoms with van der Waals surface area (Å²) in [5.74, 6) is 2.45. The number of ether oxygens (including phenoxy) is 1. The summed E-state index contributed by atoms with van der Waals surface area (Å²) in [5.41, 5.74) is 2.88. The monoisotopic (exact) mass is 393 g/mol. The zero-order chi connectivity index (χ0) is 20.2. The van der Waals surface area contributed by atoms with Crippen LogP contribution in [0.25, 0.3) is 0 Å². The number of phenolic OH excluding ortho intramolecular Hbond substituents is 1. The maximum atomic E-state index is 11.8. The molecule has 2 saturated carbocycles. The SMILES string of the molecule is COc1cc2c(cc1O)CCC1C2CC[C@@]2(C)C1CC[C@@]2(O)Cc1ccccn1. The van der Waals surface area contributed by atoms with E-state index in [-0.39, 0.29) is 11.2 Å². The molecule has 1 aromatic carbocycles.